The van der Waals surface area contributed by atoms with E-state index in [0.29, 0.717) is 24.6 Å². The summed E-state index contributed by atoms with van der Waals surface area (Å²) in [5.74, 6) is 1.22. The van der Waals surface area contributed by atoms with Gasteiger partial charge in [0, 0.05) is 55.4 Å². The summed E-state index contributed by atoms with van der Waals surface area (Å²) >= 11 is 0. The van der Waals surface area contributed by atoms with Crippen molar-refractivity contribution < 1.29 is 14.6 Å². The molecular weight excluding hydrogens is 404 g/mol. The maximum Gasteiger partial charge on any atom is 0.188 e. The van der Waals surface area contributed by atoms with Gasteiger partial charge in [-0.15, -0.1) is 10.2 Å². The summed E-state index contributed by atoms with van der Waals surface area (Å²) in [5.41, 5.74) is 5.20. The minimum atomic E-state index is 0.191. The van der Waals surface area contributed by atoms with E-state index >= 15 is 0 Å². The fourth-order valence-corrected chi connectivity index (χ4v) is 5.55. The number of rotatable bonds is 6. The molecule has 3 heterocycles. The van der Waals surface area contributed by atoms with Crippen molar-refractivity contribution in [2.75, 3.05) is 27.1 Å². The van der Waals surface area contributed by atoms with E-state index in [1.165, 1.54) is 24.1 Å². The van der Waals surface area contributed by atoms with Crippen molar-refractivity contribution in [3.8, 4) is 17.0 Å². The van der Waals surface area contributed by atoms with Gasteiger partial charge in [-0.2, -0.15) is 0 Å². The van der Waals surface area contributed by atoms with E-state index in [0.717, 1.165) is 53.8 Å². The zero-order chi connectivity index (χ0) is 22.1. The number of methoxy groups -OCH3 is 1. The van der Waals surface area contributed by atoms with Gasteiger partial charge in [-0.3, -0.25) is 4.90 Å². The summed E-state index contributed by atoms with van der Waals surface area (Å²) in [6.45, 7) is 3.89. The van der Waals surface area contributed by atoms with E-state index < -0.39 is 0 Å². The lowest BCUT2D eigenvalue weighted by molar-refractivity contribution is 0.0515. The molecule has 0 radical (unpaired) electrons. The van der Waals surface area contributed by atoms with Gasteiger partial charge in [0.25, 0.3) is 0 Å². The van der Waals surface area contributed by atoms with E-state index in [1.54, 1.807) is 7.11 Å². The number of hydrogen-bond donors (Lipinski definition) is 2. The molecule has 32 heavy (non-hydrogen) atoms. The van der Waals surface area contributed by atoms with E-state index in [-0.39, 0.29) is 6.79 Å². The molecule has 1 aliphatic heterocycles. The topological polar surface area (TPSA) is 83.5 Å². The lowest BCUT2D eigenvalue weighted by Gasteiger charge is -2.42. The number of hydrogen-bond acceptors (Lipinski definition) is 6. The van der Waals surface area contributed by atoms with Gasteiger partial charge >= 0.3 is 0 Å². The van der Waals surface area contributed by atoms with Crippen LogP contribution in [0.3, 0.4) is 0 Å². The number of aliphatic hydroxyl groups is 1. The summed E-state index contributed by atoms with van der Waals surface area (Å²) in [7, 11) is 1.62. The first kappa shape index (κ1) is 21.4. The molecule has 1 atom stereocenters. The van der Waals surface area contributed by atoms with Crippen LogP contribution in [0.5, 0.6) is 5.75 Å². The Kier molecular flexibility index (Phi) is 6.13. The molecule has 0 spiro atoms. The molecular formula is C25H32N4O3. The van der Waals surface area contributed by atoms with Gasteiger partial charge in [0.1, 0.15) is 5.75 Å². The van der Waals surface area contributed by atoms with Crippen LogP contribution in [-0.4, -0.2) is 58.3 Å². The van der Waals surface area contributed by atoms with Crippen LogP contribution >= 0.6 is 0 Å². The zero-order valence-corrected chi connectivity index (χ0v) is 18.9. The van der Waals surface area contributed by atoms with Crippen LogP contribution in [-0.2, 0) is 11.2 Å². The molecule has 0 unspecified atom stereocenters. The van der Waals surface area contributed by atoms with Crippen molar-refractivity contribution in [1.29, 1.82) is 0 Å². The summed E-state index contributed by atoms with van der Waals surface area (Å²) in [6, 6.07) is 10.9. The third-order valence-corrected chi connectivity index (χ3v) is 7.25. The molecule has 1 saturated carbocycles. The van der Waals surface area contributed by atoms with Crippen molar-refractivity contribution in [1.82, 2.24) is 20.1 Å². The molecule has 0 bridgehead atoms. The Morgan fingerprint density at radius 2 is 1.97 bits per heavy atom. The van der Waals surface area contributed by atoms with Gasteiger partial charge in [-0.25, -0.2) is 0 Å². The Morgan fingerprint density at radius 1 is 1.16 bits per heavy atom. The number of fused-ring (bicyclic) bond motifs is 3. The number of aromatic amines is 1. The molecule has 3 aromatic rings. The van der Waals surface area contributed by atoms with Crippen molar-refractivity contribution in [3.05, 3.63) is 41.6 Å². The first-order valence-electron chi connectivity index (χ1n) is 11.7. The average Bonchev–Trinajstić information content (AvgIpc) is 3.22. The fraction of sp³-hybridized carbons (Fsp3) is 0.520. The first-order valence-corrected chi connectivity index (χ1v) is 11.7. The molecule has 2 aromatic heterocycles. The Morgan fingerprint density at radius 3 is 2.75 bits per heavy atom. The second-order valence-electron chi connectivity index (χ2n) is 9.08. The quantitative estimate of drug-likeness (QED) is 0.567. The highest BCUT2D eigenvalue weighted by atomic mass is 16.7. The smallest absolute Gasteiger partial charge is 0.188 e. The molecule has 1 aromatic carbocycles. The van der Waals surface area contributed by atoms with E-state index in [4.69, 9.17) is 9.47 Å². The molecule has 2 aliphatic rings. The Hall–Kier alpha value is -2.48. The average molecular weight is 437 g/mol. The van der Waals surface area contributed by atoms with Crippen LogP contribution in [0.4, 0.5) is 0 Å². The zero-order valence-electron chi connectivity index (χ0n) is 18.9. The highest BCUT2D eigenvalue weighted by molar-refractivity contribution is 5.86. The number of nitrogens with zero attached hydrogens (tertiary/aromatic N) is 3. The van der Waals surface area contributed by atoms with Crippen molar-refractivity contribution >= 4 is 11.0 Å². The second-order valence-corrected chi connectivity index (χ2v) is 9.08. The maximum atomic E-state index is 9.50. The van der Waals surface area contributed by atoms with Crippen LogP contribution < -0.4 is 4.74 Å². The highest BCUT2D eigenvalue weighted by Gasteiger charge is 2.34. The number of H-pyrrole nitrogens is 1. The summed E-state index contributed by atoms with van der Waals surface area (Å²) in [4.78, 5) is 6.19. The number of para-hydroxylation sites is 1. The van der Waals surface area contributed by atoms with Gasteiger partial charge in [0.15, 0.2) is 12.4 Å². The standard InChI is InChI=1S/C25H32N4O3/c1-16-24-20-13-22(19-5-3-4-6-23(19)32-15-31-2)27-28-25(20)26-21(24)11-12-29(16)18-9-7-17(14-30)8-10-18/h3-6,13,16-18,30H,7-12,14-15H2,1-2H3,(H,26,28)/t16-,17?,18?/m0/s1. The summed E-state index contributed by atoms with van der Waals surface area (Å²) in [6.07, 6.45) is 5.59. The third-order valence-electron chi connectivity index (χ3n) is 7.25. The summed E-state index contributed by atoms with van der Waals surface area (Å²) < 4.78 is 10.8. The number of ether oxygens (including phenoxy) is 2. The van der Waals surface area contributed by atoms with E-state index in [9.17, 15) is 5.11 Å². The largest absolute Gasteiger partial charge is 0.467 e. The van der Waals surface area contributed by atoms with Gasteiger partial charge in [-0.05, 0) is 62.3 Å². The lowest BCUT2D eigenvalue weighted by atomic mass is 9.84. The van der Waals surface area contributed by atoms with Crippen LogP contribution in [0.2, 0.25) is 0 Å². The van der Waals surface area contributed by atoms with Crippen molar-refractivity contribution in [3.63, 3.8) is 0 Å². The predicted octanol–water partition coefficient (Wildman–Crippen LogP) is 4.08. The minimum absolute atomic E-state index is 0.191. The van der Waals surface area contributed by atoms with Gasteiger partial charge in [0.05, 0.1) is 5.69 Å². The number of benzene rings is 1. The Labute approximate surface area is 188 Å². The Balaban J connectivity index is 1.47. The van der Waals surface area contributed by atoms with Crippen LogP contribution in [0.15, 0.2) is 30.3 Å². The fourth-order valence-electron chi connectivity index (χ4n) is 5.55. The monoisotopic (exact) mass is 436 g/mol. The maximum absolute atomic E-state index is 9.50. The third kappa shape index (κ3) is 3.89. The molecule has 1 aliphatic carbocycles. The number of aliphatic hydroxyl groups excluding tert-OH is 1. The molecule has 170 valence electrons. The van der Waals surface area contributed by atoms with Gasteiger partial charge in [-0.1, -0.05) is 12.1 Å². The molecule has 5 rings (SSSR count). The second kappa shape index (κ2) is 9.17. The highest BCUT2D eigenvalue weighted by Crippen LogP contribution is 2.40. The number of aromatic nitrogens is 3. The lowest BCUT2D eigenvalue weighted by Crippen LogP contribution is -2.43. The Bertz CT molecular complexity index is 1070. The first-order chi connectivity index (χ1) is 15.7. The minimum Gasteiger partial charge on any atom is -0.467 e. The molecule has 0 amide bonds. The molecule has 7 heteroatoms. The van der Waals surface area contributed by atoms with Gasteiger partial charge in [0.2, 0.25) is 0 Å². The molecule has 2 N–H and O–H groups in total. The van der Waals surface area contributed by atoms with Crippen LogP contribution in [0.1, 0.15) is 49.9 Å². The van der Waals surface area contributed by atoms with E-state index in [2.05, 4.69) is 33.1 Å². The SMILES string of the molecule is COCOc1ccccc1-c1cc2c3c([nH]c2nn1)CCN(C1CCC(CO)CC1)[C@H]3C. The van der Waals surface area contributed by atoms with Crippen molar-refractivity contribution in [2.24, 2.45) is 5.92 Å². The molecule has 1 fully saturated rings. The normalized spacial score (nSPS) is 23.9. The molecule has 0 saturated heterocycles. The van der Waals surface area contributed by atoms with Crippen LogP contribution in [0.25, 0.3) is 22.3 Å². The van der Waals surface area contributed by atoms with E-state index in [1.807, 2.05) is 24.3 Å². The number of nitrogens with one attached hydrogen (secondary N) is 1. The van der Waals surface area contributed by atoms with Gasteiger partial charge < -0.3 is 19.6 Å². The summed E-state index contributed by atoms with van der Waals surface area (Å²) in [5, 5.41) is 19.7. The predicted molar refractivity (Wildman–Crippen MR) is 123 cm³/mol. The van der Waals surface area contributed by atoms with Crippen LogP contribution in [0, 0.1) is 5.92 Å². The molecule has 7 nitrogen and oxygen atoms in total. The van der Waals surface area contributed by atoms with Crippen molar-refractivity contribution in [2.45, 2.75) is 51.1 Å².